The quantitative estimate of drug-likeness (QED) is 0.370. The lowest BCUT2D eigenvalue weighted by Gasteiger charge is -2.29. The molecule has 1 spiro atoms. The lowest BCUT2D eigenvalue weighted by atomic mass is 9.87. The lowest BCUT2D eigenvalue weighted by Crippen LogP contribution is -2.46. The van der Waals surface area contributed by atoms with Gasteiger partial charge < -0.3 is 24.6 Å². The van der Waals surface area contributed by atoms with Gasteiger partial charge in [-0.1, -0.05) is 0 Å². The minimum atomic E-state index is -0.457. The predicted molar refractivity (Wildman–Crippen MR) is 117 cm³/mol. The Kier molecular flexibility index (Phi) is 7.63. The molecule has 3 aliphatic rings. The summed E-state index contributed by atoms with van der Waals surface area (Å²) in [7, 11) is 1.82. The van der Waals surface area contributed by atoms with Gasteiger partial charge in [0.05, 0.1) is 6.61 Å². The molecule has 8 heteroatoms. The second-order valence-electron chi connectivity index (χ2n) is 8.85. The van der Waals surface area contributed by atoms with Crippen LogP contribution in [0.4, 0.5) is 4.79 Å². The Morgan fingerprint density at radius 2 is 2.11 bits per heavy atom. The van der Waals surface area contributed by atoms with Crippen molar-refractivity contribution < 1.29 is 14.3 Å². The van der Waals surface area contributed by atoms with Crippen LogP contribution in [0.25, 0.3) is 0 Å². The maximum absolute atomic E-state index is 12.4. The SMILES string of the molecule is CN=C(NCCN(C(=O)OC(C)(C)C)C1CC1)N1CCC2(CCOC2)C1.I. The van der Waals surface area contributed by atoms with E-state index in [0.717, 1.165) is 51.5 Å². The molecule has 2 saturated heterocycles. The summed E-state index contributed by atoms with van der Waals surface area (Å²) in [5, 5.41) is 3.43. The third-order valence-electron chi connectivity index (χ3n) is 5.39. The molecular weight excluding hydrogens is 459 g/mol. The van der Waals surface area contributed by atoms with Gasteiger partial charge in [0.25, 0.3) is 0 Å². The first-order valence-electron chi connectivity index (χ1n) is 9.85. The summed E-state index contributed by atoms with van der Waals surface area (Å²) in [6, 6.07) is 0.333. The predicted octanol–water partition coefficient (Wildman–Crippen LogP) is 2.69. The lowest BCUT2D eigenvalue weighted by molar-refractivity contribution is 0.0237. The number of halogens is 1. The Hall–Kier alpha value is -0.770. The second kappa shape index (κ2) is 9.15. The van der Waals surface area contributed by atoms with Crippen LogP contribution in [0, 0.1) is 5.41 Å². The number of nitrogens with one attached hydrogen (secondary N) is 1. The normalized spacial score (nSPS) is 25.5. The summed E-state index contributed by atoms with van der Waals surface area (Å²) >= 11 is 0. The van der Waals surface area contributed by atoms with Crippen LogP contribution in [0.15, 0.2) is 4.99 Å². The molecular formula is C19H35IN4O3. The number of guanidine groups is 1. The summed E-state index contributed by atoms with van der Waals surface area (Å²) in [6.07, 6.45) is 4.25. The van der Waals surface area contributed by atoms with Gasteiger partial charge in [-0.3, -0.25) is 4.99 Å². The van der Waals surface area contributed by atoms with Gasteiger partial charge >= 0.3 is 6.09 Å². The summed E-state index contributed by atoms with van der Waals surface area (Å²) in [6.45, 7) is 10.8. The summed E-state index contributed by atoms with van der Waals surface area (Å²) in [5.74, 6) is 0.925. The molecule has 1 unspecified atom stereocenters. The minimum Gasteiger partial charge on any atom is -0.444 e. The van der Waals surface area contributed by atoms with Crippen molar-refractivity contribution in [2.75, 3.05) is 46.4 Å². The first kappa shape index (κ1) is 22.5. The fourth-order valence-corrected chi connectivity index (χ4v) is 3.84. The maximum atomic E-state index is 12.4. The van der Waals surface area contributed by atoms with Gasteiger partial charge in [-0.15, -0.1) is 24.0 Å². The van der Waals surface area contributed by atoms with E-state index < -0.39 is 5.60 Å². The number of likely N-dealkylation sites (tertiary alicyclic amines) is 1. The Balaban J connectivity index is 0.00000261. The van der Waals surface area contributed by atoms with Crippen LogP contribution in [0.2, 0.25) is 0 Å². The van der Waals surface area contributed by atoms with E-state index in [1.54, 1.807) is 0 Å². The monoisotopic (exact) mass is 494 g/mol. The highest BCUT2D eigenvalue weighted by atomic mass is 127. The zero-order valence-electron chi connectivity index (χ0n) is 17.1. The van der Waals surface area contributed by atoms with Gasteiger partial charge in [-0.2, -0.15) is 0 Å². The number of carbonyl (C=O) groups excluding carboxylic acids is 1. The van der Waals surface area contributed by atoms with E-state index in [9.17, 15) is 4.79 Å². The van der Waals surface area contributed by atoms with Gasteiger partial charge in [0.1, 0.15) is 5.60 Å². The highest BCUT2D eigenvalue weighted by molar-refractivity contribution is 14.0. The number of ether oxygens (including phenoxy) is 2. The number of rotatable bonds is 4. The number of hydrogen-bond acceptors (Lipinski definition) is 4. The van der Waals surface area contributed by atoms with E-state index in [1.807, 2.05) is 32.7 Å². The molecule has 2 aliphatic heterocycles. The van der Waals surface area contributed by atoms with Crippen molar-refractivity contribution in [2.24, 2.45) is 10.4 Å². The number of nitrogens with zero attached hydrogens (tertiary/aromatic N) is 3. The average molecular weight is 494 g/mol. The van der Waals surface area contributed by atoms with Gasteiger partial charge in [-0.05, 0) is 46.5 Å². The van der Waals surface area contributed by atoms with Crippen LogP contribution < -0.4 is 5.32 Å². The zero-order chi connectivity index (χ0) is 18.8. The highest BCUT2D eigenvalue weighted by Gasteiger charge is 2.42. The topological polar surface area (TPSA) is 66.4 Å². The van der Waals surface area contributed by atoms with Crippen molar-refractivity contribution >= 4 is 36.0 Å². The standard InChI is InChI=1S/C19H34N4O3.HI/c1-18(2,3)26-17(24)23(15-5-6-15)11-9-21-16(20-4)22-10-7-19(13-22)8-12-25-14-19;/h15H,5-14H2,1-4H3,(H,20,21);1H. The minimum absolute atomic E-state index is 0. The Morgan fingerprint density at radius 3 is 2.67 bits per heavy atom. The molecule has 156 valence electrons. The fourth-order valence-electron chi connectivity index (χ4n) is 3.84. The molecule has 3 rings (SSSR count). The van der Waals surface area contributed by atoms with Crippen molar-refractivity contribution in [3.63, 3.8) is 0 Å². The second-order valence-corrected chi connectivity index (χ2v) is 8.85. The molecule has 1 saturated carbocycles. The molecule has 1 atom stereocenters. The van der Waals surface area contributed by atoms with Gasteiger partial charge in [0, 0.05) is 51.3 Å². The van der Waals surface area contributed by atoms with Crippen molar-refractivity contribution in [1.82, 2.24) is 15.1 Å². The van der Waals surface area contributed by atoms with Crippen LogP contribution in [0.3, 0.4) is 0 Å². The molecule has 7 nitrogen and oxygen atoms in total. The molecule has 27 heavy (non-hydrogen) atoms. The molecule has 0 bridgehead atoms. The van der Waals surface area contributed by atoms with Crippen LogP contribution >= 0.6 is 24.0 Å². The third-order valence-corrected chi connectivity index (χ3v) is 5.39. The smallest absolute Gasteiger partial charge is 0.410 e. The Bertz CT molecular complexity index is 540. The van der Waals surface area contributed by atoms with Gasteiger partial charge in [0.15, 0.2) is 5.96 Å². The summed E-state index contributed by atoms with van der Waals surface area (Å²) in [5.41, 5.74) is -0.144. The summed E-state index contributed by atoms with van der Waals surface area (Å²) < 4.78 is 11.2. The van der Waals surface area contributed by atoms with Crippen LogP contribution in [0.5, 0.6) is 0 Å². The summed E-state index contributed by atoms with van der Waals surface area (Å²) in [4.78, 5) is 21.1. The molecule has 1 N–H and O–H groups in total. The first-order chi connectivity index (χ1) is 12.3. The average Bonchev–Trinajstić information content (AvgIpc) is 3.15. The molecule has 0 aromatic carbocycles. The van der Waals surface area contributed by atoms with Crippen LogP contribution in [-0.2, 0) is 9.47 Å². The fraction of sp³-hybridized carbons (Fsp3) is 0.895. The Morgan fingerprint density at radius 1 is 1.37 bits per heavy atom. The van der Waals surface area contributed by atoms with E-state index in [1.165, 1.54) is 6.42 Å². The van der Waals surface area contributed by atoms with E-state index >= 15 is 0 Å². The van der Waals surface area contributed by atoms with Gasteiger partial charge in [-0.25, -0.2) is 4.79 Å². The van der Waals surface area contributed by atoms with Crippen LogP contribution in [-0.4, -0.2) is 79.9 Å². The number of carbonyl (C=O) groups is 1. The van der Waals surface area contributed by atoms with E-state index in [2.05, 4.69) is 15.2 Å². The molecule has 1 amide bonds. The molecule has 3 fully saturated rings. The van der Waals surface area contributed by atoms with Crippen molar-refractivity contribution in [1.29, 1.82) is 0 Å². The van der Waals surface area contributed by atoms with Crippen molar-refractivity contribution in [3.8, 4) is 0 Å². The van der Waals surface area contributed by atoms with Crippen LogP contribution in [0.1, 0.15) is 46.5 Å². The first-order valence-corrected chi connectivity index (χ1v) is 9.85. The molecule has 0 aromatic rings. The molecule has 2 heterocycles. The molecule has 0 radical (unpaired) electrons. The third kappa shape index (κ3) is 6.10. The van der Waals surface area contributed by atoms with E-state index in [-0.39, 0.29) is 30.1 Å². The maximum Gasteiger partial charge on any atom is 0.410 e. The van der Waals surface area contributed by atoms with Gasteiger partial charge in [0.2, 0.25) is 0 Å². The van der Waals surface area contributed by atoms with Crippen molar-refractivity contribution in [2.45, 2.75) is 58.1 Å². The van der Waals surface area contributed by atoms with Crippen molar-refractivity contribution in [3.05, 3.63) is 0 Å². The Labute approximate surface area is 180 Å². The zero-order valence-corrected chi connectivity index (χ0v) is 19.5. The number of hydrogen-bond donors (Lipinski definition) is 1. The molecule has 1 aliphatic carbocycles. The number of amides is 1. The highest BCUT2D eigenvalue weighted by Crippen LogP contribution is 2.38. The van der Waals surface area contributed by atoms with E-state index in [0.29, 0.717) is 24.5 Å². The number of aliphatic imine (C=N–C) groups is 1. The largest absolute Gasteiger partial charge is 0.444 e. The molecule has 0 aromatic heterocycles. The van der Waals surface area contributed by atoms with E-state index in [4.69, 9.17) is 9.47 Å².